The zero-order valence-corrected chi connectivity index (χ0v) is 15.1. The zero-order valence-electron chi connectivity index (χ0n) is 14.3. The Labute approximate surface area is 152 Å². The van der Waals surface area contributed by atoms with Crippen molar-refractivity contribution in [1.82, 2.24) is 4.90 Å². The van der Waals surface area contributed by atoms with Crippen LogP contribution in [0.1, 0.15) is 22.0 Å². The van der Waals surface area contributed by atoms with Gasteiger partial charge >= 0.3 is 0 Å². The standard InChI is InChI=1S/C21H19N3S/c1-24(2)21-20(18-13-8-14-25-18)23-19(15-9-4-3-5-10-15)16-11-6-7-12-17(16)22-21/h3-14,20H,1-2H3. The number of nitrogens with zero attached hydrogens (tertiary/aromatic N) is 3. The van der Waals surface area contributed by atoms with Gasteiger partial charge in [-0.1, -0.05) is 54.6 Å². The Hall–Kier alpha value is -2.72. The molecular weight excluding hydrogens is 326 g/mol. The van der Waals surface area contributed by atoms with E-state index in [4.69, 9.17) is 9.98 Å². The van der Waals surface area contributed by atoms with Crippen LogP contribution in [0.3, 0.4) is 0 Å². The van der Waals surface area contributed by atoms with Crippen molar-refractivity contribution >= 4 is 28.6 Å². The number of thiophene rings is 1. The fraction of sp³-hybridized carbons (Fsp3) is 0.143. The second kappa shape index (κ2) is 6.65. The second-order valence-electron chi connectivity index (χ2n) is 6.14. The number of aliphatic imine (C=N–C) groups is 2. The summed E-state index contributed by atoms with van der Waals surface area (Å²) in [6.45, 7) is 0. The maximum Gasteiger partial charge on any atom is 0.142 e. The summed E-state index contributed by atoms with van der Waals surface area (Å²) in [5.41, 5.74) is 4.15. The van der Waals surface area contributed by atoms with E-state index in [9.17, 15) is 0 Å². The third kappa shape index (κ3) is 3.01. The molecule has 0 N–H and O–H groups in total. The Morgan fingerprint density at radius 1 is 0.880 bits per heavy atom. The Morgan fingerprint density at radius 2 is 1.64 bits per heavy atom. The fourth-order valence-electron chi connectivity index (χ4n) is 3.02. The van der Waals surface area contributed by atoms with E-state index in [1.807, 2.05) is 32.3 Å². The highest BCUT2D eigenvalue weighted by molar-refractivity contribution is 7.10. The Kier molecular flexibility index (Phi) is 4.20. The molecule has 3 nitrogen and oxygen atoms in total. The molecule has 1 aromatic heterocycles. The number of para-hydroxylation sites is 1. The van der Waals surface area contributed by atoms with Gasteiger partial charge < -0.3 is 4.90 Å². The molecule has 1 atom stereocenters. The molecule has 0 spiro atoms. The van der Waals surface area contributed by atoms with E-state index in [0.29, 0.717) is 0 Å². The van der Waals surface area contributed by atoms with E-state index in [2.05, 4.69) is 58.8 Å². The van der Waals surface area contributed by atoms with Gasteiger partial charge in [0.2, 0.25) is 0 Å². The summed E-state index contributed by atoms with van der Waals surface area (Å²) < 4.78 is 0. The molecule has 1 unspecified atom stereocenters. The number of amidine groups is 1. The highest BCUT2D eigenvalue weighted by Crippen LogP contribution is 2.34. The Balaban J connectivity index is 1.98. The first kappa shape index (κ1) is 15.8. The monoisotopic (exact) mass is 345 g/mol. The van der Waals surface area contributed by atoms with E-state index in [0.717, 1.165) is 28.4 Å². The van der Waals surface area contributed by atoms with E-state index >= 15 is 0 Å². The van der Waals surface area contributed by atoms with Crippen LogP contribution in [-0.2, 0) is 0 Å². The topological polar surface area (TPSA) is 28.0 Å². The van der Waals surface area contributed by atoms with Gasteiger partial charge in [0.25, 0.3) is 0 Å². The largest absolute Gasteiger partial charge is 0.364 e. The van der Waals surface area contributed by atoms with Crippen molar-refractivity contribution in [2.75, 3.05) is 14.1 Å². The van der Waals surface area contributed by atoms with Crippen molar-refractivity contribution in [3.8, 4) is 0 Å². The molecule has 0 saturated carbocycles. The number of hydrogen-bond acceptors (Lipinski definition) is 4. The molecule has 2 heterocycles. The molecule has 0 saturated heterocycles. The summed E-state index contributed by atoms with van der Waals surface area (Å²) in [5.74, 6) is 0.959. The first-order valence-corrected chi connectivity index (χ1v) is 9.14. The van der Waals surface area contributed by atoms with Crippen LogP contribution in [0, 0.1) is 0 Å². The predicted octanol–water partition coefficient (Wildman–Crippen LogP) is 4.93. The van der Waals surface area contributed by atoms with Gasteiger partial charge in [-0.3, -0.25) is 4.99 Å². The van der Waals surface area contributed by atoms with Gasteiger partial charge in [0.05, 0.1) is 11.4 Å². The van der Waals surface area contributed by atoms with Crippen LogP contribution in [0.15, 0.2) is 82.1 Å². The maximum absolute atomic E-state index is 5.19. The molecule has 4 rings (SSSR count). The number of likely N-dealkylation sites (N-methyl/N-ethyl adjacent to an activating group) is 1. The van der Waals surface area contributed by atoms with Crippen LogP contribution < -0.4 is 0 Å². The van der Waals surface area contributed by atoms with Gasteiger partial charge in [-0.25, -0.2) is 4.99 Å². The SMILES string of the molecule is CN(C)C1=Nc2ccccc2C(c2ccccc2)=NC1c1cccs1. The minimum Gasteiger partial charge on any atom is -0.364 e. The maximum atomic E-state index is 5.19. The van der Waals surface area contributed by atoms with Gasteiger partial charge in [-0.05, 0) is 17.5 Å². The molecule has 3 aromatic rings. The van der Waals surface area contributed by atoms with Gasteiger partial charge in [0, 0.05) is 30.1 Å². The van der Waals surface area contributed by atoms with Crippen LogP contribution >= 0.6 is 11.3 Å². The summed E-state index contributed by atoms with van der Waals surface area (Å²) >= 11 is 1.72. The second-order valence-corrected chi connectivity index (χ2v) is 7.12. The fourth-order valence-corrected chi connectivity index (χ4v) is 3.78. The summed E-state index contributed by atoms with van der Waals surface area (Å²) in [5, 5.41) is 2.10. The number of hydrogen-bond donors (Lipinski definition) is 0. The zero-order chi connectivity index (χ0) is 17.2. The van der Waals surface area contributed by atoms with E-state index < -0.39 is 0 Å². The molecule has 1 aliphatic rings. The van der Waals surface area contributed by atoms with Crippen LogP contribution in [0.25, 0.3) is 0 Å². The van der Waals surface area contributed by atoms with Crippen molar-refractivity contribution in [3.63, 3.8) is 0 Å². The third-order valence-corrected chi connectivity index (χ3v) is 5.14. The molecule has 25 heavy (non-hydrogen) atoms. The average Bonchev–Trinajstić information content (AvgIpc) is 3.11. The van der Waals surface area contributed by atoms with Gasteiger partial charge in [0.1, 0.15) is 11.9 Å². The lowest BCUT2D eigenvalue weighted by molar-refractivity contribution is 0.592. The lowest BCUT2D eigenvalue weighted by Crippen LogP contribution is -2.27. The van der Waals surface area contributed by atoms with Crippen LogP contribution in [0.4, 0.5) is 5.69 Å². The third-order valence-electron chi connectivity index (χ3n) is 4.22. The Morgan fingerprint density at radius 3 is 2.36 bits per heavy atom. The number of benzene rings is 2. The molecule has 0 fully saturated rings. The molecular formula is C21H19N3S. The van der Waals surface area contributed by atoms with Crippen molar-refractivity contribution in [1.29, 1.82) is 0 Å². The number of rotatable bonds is 2. The number of fused-ring (bicyclic) bond motifs is 1. The van der Waals surface area contributed by atoms with Crippen LogP contribution in [-0.4, -0.2) is 30.5 Å². The summed E-state index contributed by atoms with van der Waals surface area (Å²) in [4.78, 5) is 13.4. The molecule has 1 aliphatic heterocycles. The molecule has 0 aliphatic carbocycles. The normalized spacial score (nSPS) is 16.5. The van der Waals surface area contributed by atoms with E-state index in [1.165, 1.54) is 4.88 Å². The summed E-state index contributed by atoms with van der Waals surface area (Å²) in [7, 11) is 4.07. The highest BCUT2D eigenvalue weighted by Gasteiger charge is 2.26. The molecule has 124 valence electrons. The lowest BCUT2D eigenvalue weighted by atomic mass is 10.0. The minimum absolute atomic E-state index is 0.0994. The molecule has 2 aromatic carbocycles. The van der Waals surface area contributed by atoms with Gasteiger partial charge in [0.15, 0.2) is 0 Å². The predicted molar refractivity (Wildman–Crippen MR) is 106 cm³/mol. The minimum atomic E-state index is -0.0994. The lowest BCUT2D eigenvalue weighted by Gasteiger charge is -2.20. The quantitative estimate of drug-likeness (QED) is 0.647. The molecule has 0 amide bonds. The smallest absolute Gasteiger partial charge is 0.142 e. The molecule has 0 bridgehead atoms. The summed E-state index contributed by atoms with van der Waals surface area (Å²) in [6.07, 6.45) is 0. The van der Waals surface area contributed by atoms with Gasteiger partial charge in [-0.15, -0.1) is 11.3 Å². The van der Waals surface area contributed by atoms with Crippen molar-refractivity contribution in [2.45, 2.75) is 6.04 Å². The van der Waals surface area contributed by atoms with E-state index in [-0.39, 0.29) is 6.04 Å². The van der Waals surface area contributed by atoms with Crippen LogP contribution in [0.5, 0.6) is 0 Å². The van der Waals surface area contributed by atoms with E-state index in [1.54, 1.807) is 11.3 Å². The molecule has 4 heteroatoms. The first-order chi connectivity index (χ1) is 12.2. The van der Waals surface area contributed by atoms with Crippen molar-refractivity contribution in [3.05, 3.63) is 88.1 Å². The highest BCUT2D eigenvalue weighted by atomic mass is 32.1. The van der Waals surface area contributed by atoms with Crippen molar-refractivity contribution in [2.24, 2.45) is 9.98 Å². The van der Waals surface area contributed by atoms with Crippen molar-refractivity contribution < 1.29 is 0 Å². The van der Waals surface area contributed by atoms with Crippen LogP contribution in [0.2, 0.25) is 0 Å². The first-order valence-electron chi connectivity index (χ1n) is 8.26. The van der Waals surface area contributed by atoms with Gasteiger partial charge in [-0.2, -0.15) is 0 Å². The Bertz CT molecular complexity index is 925. The molecule has 0 radical (unpaired) electrons. The summed E-state index contributed by atoms with van der Waals surface area (Å²) in [6, 6.07) is 22.7. The average molecular weight is 345 g/mol.